The van der Waals surface area contributed by atoms with Gasteiger partial charge in [0.2, 0.25) is 5.91 Å². The molecule has 22 heavy (non-hydrogen) atoms. The number of benzene rings is 1. The number of carbonyl (C=O) groups is 1. The Morgan fingerprint density at radius 1 is 1.36 bits per heavy atom. The summed E-state index contributed by atoms with van der Waals surface area (Å²) in [6.45, 7) is 3.28. The molecule has 0 saturated carbocycles. The molecule has 1 heterocycles. The average molecular weight is 335 g/mol. The highest BCUT2D eigenvalue weighted by Crippen LogP contribution is 2.33. The van der Waals surface area contributed by atoms with Gasteiger partial charge in [0, 0.05) is 11.6 Å². The number of rotatable bonds is 4. The van der Waals surface area contributed by atoms with Crippen molar-refractivity contribution in [3.05, 3.63) is 34.9 Å². The lowest BCUT2D eigenvalue weighted by Gasteiger charge is -2.29. The highest BCUT2D eigenvalue weighted by atomic mass is 35.5. The van der Waals surface area contributed by atoms with Gasteiger partial charge < -0.3 is 0 Å². The van der Waals surface area contributed by atoms with Gasteiger partial charge in [-0.25, -0.2) is 5.01 Å². The van der Waals surface area contributed by atoms with Crippen LogP contribution in [0.3, 0.4) is 0 Å². The standard InChI is InChI=1S/C15H18ClF3N2O/c1-14(2)9-21(20-13(14)22)12(15(17,18)19)8-7-10-5-3-4-6-11(10)16/h3-6,12H,7-9H2,1-2H3,(H,20,22)/t12-/m0/s1. The molecule has 1 amide bonds. The van der Waals surface area contributed by atoms with E-state index in [0.717, 1.165) is 5.01 Å². The Morgan fingerprint density at radius 2 is 2.00 bits per heavy atom. The Bertz CT molecular complexity index is 560. The van der Waals surface area contributed by atoms with Crippen LogP contribution in [0.5, 0.6) is 0 Å². The van der Waals surface area contributed by atoms with Crippen molar-refractivity contribution in [1.29, 1.82) is 0 Å². The molecule has 0 unspecified atom stereocenters. The summed E-state index contributed by atoms with van der Waals surface area (Å²) in [6, 6.07) is 5.11. The van der Waals surface area contributed by atoms with Gasteiger partial charge in [0.1, 0.15) is 6.04 Å². The summed E-state index contributed by atoms with van der Waals surface area (Å²) in [4.78, 5) is 11.7. The Balaban J connectivity index is 2.12. The maximum Gasteiger partial charge on any atom is 0.405 e. The van der Waals surface area contributed by atoms with Crippen LogP contribution in [0.1, 0.15) is 25.8 Å². The summed E-state index contributed by atoms with van der Waals surface area (Å²) in [5, 5.41) is 1.45. The van der Waals surface area contributed by atoms with Gasteiger partial charge >= 0.3 is 6.18 Å². The molecule has 0 aromatic heterocycles. The van der Waals surface area contributed by atoms with Gasteiger partial charge in [-0.1, -0.05) is 29.8 Å². The van der Waals surface area contributed by atoms with E-state index in [1.807, 2.05) is 0 Å². The fourth-order valence-corrected chi connectivity index (χ4v) is 2.73. The summed E-state index contributed by atoms with van der Waals surface area (Å²) in [5.41, 5.74) is 2.19. The number of carbonyl (C=O) groups excluding carboxylic acids is 1. The normalized spacial score (nSPS) is 20.0. The number of alkyl halides is 3. The van der Waals surface area contributed by atoms with Gasteiger partial charge in [0.15, 0.2) is 0 Å². The first-order valence-electron chi connectivity index (χ1n) is 6.99. The zero-order valence-electron chi connectivity index (χ0n) is 12.4. The number of hydrazine groups is 1. The van der Waals surface area contributed by atoms with Gasteiger partial charge in [-0.05, 0) is 38.3 Å². The molecule has 1 aliphatic heterocycles. The molecule has 2 rings (SSSR count). The lowest BCUT2D eigenvalue weighted by atomic mass is 9.94. The van der Waals surface area contributed by atoms with Crippen LogP contribution in [-0.2, 0) is 11.2 Å². The van der Waals surface area contributed by atoms with E-state index >= 15 is 0 Å². The van der Waals surface area contributed by atoms with Crippen molar-refractivity contribution in [2.45, 2.75) is 38.9 Å². The fourth-order valence-electron chi connectivity index (χ4n) is 2.50. The Morgan fingerprint density at radius 3 is 2.50 bits per heavy atom. The molecule has 1 aromatic carbocycles. The van der Waals surface area contributed by atoms with Crippen LogP contribution in [0.15, 0.2) is 24.3 Å². The fraction of sp³-hybridized carbons (Fsp3) is 0.533. The van der Waals surface area contributed by atoms with Crippen LogP contribution in [0.2, 0.25) is 5.02 Å². The van der Waals surface area contributed by atoms with E-state index in [1.54, 1.807) is 38.1 Å². The first-order valence-corrected chi connectivity index (χ1v) is 7.37. The van der Waals surface area contributed by atoms with Crippen molar-refractivity contribution in [2.24, 2.45) is 5.41 Å². The van der Waals surface area contributed by atoms with E-state index in [9.17, 15) is 18.0 Å². The second-order valence-corrected chi connectivity index (χ2v) is 6.55. The minimum Gasteiger partial charge on any atom is -0.288 e. The van der Waals surface area contributed by atoms with Gasteiger partial charge in [-0.3, -0.25) is 10.2 Å². The van der Waals surface area contributed by atoms with Crippen LogP contribution in [0.25, 0.3) is 0 Å². The minimum absolute atomic E-state index is 0.0263. The predicted molar refractivity (Wildman–Crippen MR) is 78.2 cm³/mol. The number of nitrogens with one attached hydrogen (secondary N) is 1. The lowest BCUT2D eigenvalue weighted by Crippen LogP contribution is -2.50. The van der Waals surface area contributed by atoms with Crippen molar-refractivity contribution in [1.82, 2.24) is 10.4 Å². The molecule has 1 saturated heterocycles. The molecule has 7 heteroatoms. The SMILES string of the molecule is CC1(C)CN([C@@H](CCc2ccccc2Cl)C(F)(F)F)NC1=O. The lowest BCUT2D eigenvalue weighted by molar-refractivity contribution is -0.190. The van der Waals surface area contributed by atoms with E-state index < -0.39 is 17.6 Å². The molecule has 1 fully saturated rings. The summed E-state index contributed by atoms with van der Waals surface area (Å²) >= 11 is 5.99. The highest BCUT2D eigenvalue weighted by Gasteiger charge is 2.49. The second-order valence-electron chi connectivity index (χ2n) is 6.14. The highest BCUT2D eigenvalue weighted by molar-refractivity contribution is 6.31. The monoisotopic (exact) mass is 334 g/mol. The third-order valence-corrected chi connectivity index (χ3v) is 4.19. The van der Waals surface area contributed by atoms with E-state index in [1.165, 1.54) is 0 Å². The topological polar surface area (TPSA) is 32.3 Å². The zero-order chi connectivity index (χ0) is 16.5. The molecule has 1 aromatic rings. The number of nitrogens with zero attached hydrogens (tertiary/aromatic N) is 1. The molecular weight excluding hydrogens is 317 g/mol. The van der Waals surface area contributed by atoms with Crippen LogP contribution < -0.4 is 5.43 Å². The minimum atomic E-state index is -4.42. The van der Waals surface area contributed by atoms with Crippen molar-refractivity contribution in [3.63, 3.8) is 0 Å². The predicted octanol–water partition coefficient (Wildman–Crippen LogP) is 3.58. The van der Waals surface area contributed by atoms with Crippen molar-refractivity contribution in [2.75, 3.05) is 6.54 Å². The summed E-state index contributed by atoms with van der Waals surface area (Å²) in [5.74, 6) is -0.389. The number of hydrogen-bond acceptors (Lipinski definition) is 2. The summed E-state index contributed by atoms with van der Waals surface area (Å²) in [7, 11) is 0. The number of aryl methyl sites for hydroxylation is 1. The largest absolute Gasteiger partial charge is 0.405 e. The van der Waals surface area contributed by atoms with Gasteiger partial charge in [0.05, 0.1) is 5.41 Å². The zero-order valence-corrected chi connectivity index (χ0v) is 13.1. The Labute approximate surface area is 132 Å². The second kappa shape index (κ2) is 6.08. The molecule has 1 atom stereocenters. The van der Waals surface area contributed by atoms with Crippen LogP contribution >= 0.6 is 11.6 Å². The first kappa shape index (κ1) is 17.1. The third-order valence-electron chi connectivity index (χ3n) is 3.82. The Hall–Kier alpha value is -1.27. The maximum atomic E-state index is 13.3. The number of amides is 1. The number of hydrogen-bond donors (Lipinski definition) is 1. The van der Waals surface area contributed by atoms with Crippen molar-refractivity contribution >= 4 is 17.5 Å². The molecular formula is C15H18ClF3N2O. The molecule has 1 aliphatic rings. The summed E-state index contributed by atoms with van der Waals surface area (Å²) in [6.07, 6.45) is -4.39. The smallest absolute Gasteiger partial charge is 0.288 e. The van der Waals surface area contributed by atoms with E-state index in [-0.39, 0.29) is 25.3 Å². The maximum absolute atomic E-state index is 13.3. The van der Waals surface area contributed by atoms with E-state index in [2.05, 4.69) is 5.43 Å². The van der Waals surface area contributed by atoms with Crippen LogP contribution in [-0.4, -0.2) is 29.7 Å². The molecule has 0 radical (unpaired) electrons. The van der Waals surface area contributed by atoms with Gasteiger partial charge in [-0.2, -0.15) is 13.2 Å². The molecule has 3 nitrogen and oxygen atoms in total. The van der Waals surface area contributed by atoms with E-state index in [4.69, 9.17) is 11.6 Å². The molecule has 0 aliphatic carbocycles. The van der Waals surface area contributed by atoms with Gasteiger partial charge in [-0.15, -0.1) is 0 Å². The van der Waals surface area contributed by atoms with E-state index in [0.29, 0.717) is 10.6 Å². The average Bonchev–Trinajstić information content (AvgIpc) is 2.64. The third kappa shape index (κ3) is 3.73. The Kier molecular flexibility index (Phi) is 4.73. The first-order chi connectivity index (χ1) is 10.1. The van der Waals surface area contributed by atoms with Gasteiger partial charge in [0.25, 0.3) is 0 Å². The van der Waals surface area contributed by atoms with Crippen molar-refractivity contribution in [3.8, 4) is 0 Å². The summed E-state index contributed by atoms with van der Waals surface area (Å²) < 4.78 is 40.0. The molecule has 1 N–H and O–H groups in total. The quantitative estimate of drug-likeness (QED) is 0.913. The molecule has 0 spiro atoms. The van der Waals surface area contributed by atoms with Crippen LogP contribution in [0, 0.1) is 5.41 Å². The number of halogens is 4. The molecule has 0 bridgehead atoms. The van der Waals surface area contributed by atoms with Crippen LogP contribution in [0.4, 0.5) is 13.2 Å². The molecule has 122 valence electrons. The van der Waals surface area contributed by atoms with Crippen molar-refractivity contribution < 1.29 is 18.0 Å².